The molecule has 1 aromatic carbocycles. The maximum Gasteiger partial charge on any atom is 0.477 e. The molecule has 0 heterocycles. The van der Waals surface area contributed by atoms with Gasteiger partial charge in [0.05, 0.1) is 11.2 Å². The number of benzene rings is 1. The summed E-state index contributed by atoms with van der Waals surface area (Å²) >= 11 is 0. The number of hydrogen-bond acceptors (Lipinski definition) is 4. The summed E-state index contributed by atoms with van der Waals surface area (Å²) in [5, 5.41) is 0. The van der Waals surface area contributed by atoms with Gasteiger partial charge in [0.2, 0.25) is 5.82 Å². The lowest BCUT2D eigenvalue weighted by Crippen LogP contribution is -2.48. The molecule has 1 saturated carbocycles. The Hall–Kier alpha value is -1.25. The molecule has 0 spiro atoms. The van der Waals surface area contributed by atoms with Gasteiger partial charge in [-0.05, 0) is 90.7 Å². The van der Waals surface area contributed by atoms with Gasteiger partial charge in [-0.3, -0.25) is 13.6 Å². The van der Waals surface area contributed by atoms with Crippen molar-refractivity contribution in [3.63, 3.8) is 0 Å². The highest BCUT2D eigenvalue weighted by molar-refractivity contribution is 7.55. The first kappa shape index (κ1) is 31.0. The standard InChI is InChI=1S/C25H37F6O4P/c1-8-9-16-10-12-17(13-11-16)18-14-15-19(21(27)20(18)26)33-24(28,29)25(30,31)36(32,34-22(2,3)4)35-23(5,6)7/h14-17H,8-13H2,1-7H3/t16-,17-. The third-order valence-electron chi connectivity index (χ3n) is 5.78. The van der Waals surface area contributed by atoms with E-state index in [-0.39, 0.29) is 11.5 Å². The minimum absolute atomic E-state index is 0.0114. The highest BCUT2D eigenvalue weighted by Crippen LogP contribution is 2.70. The first-order valence-electron chi connectivity index (χ1n) is 12.2. The Kier molecular flexibility index (Phi) is 9.34. The van der Waals surface area contributed by atoms with Crippen LogP contribution in [0.3, 0.4) is 0 Å². The van der Waals surface area contributed by atoms with Crippen LogP contribution in [-0.2, 0) is 13.6 Å². The largest absolute Gasteiger partial charge is 0.477 e. The topological polar surface area (TPSA) is 44.8 Å². The smallest absolute Gasteiger partial charge is 0.424 e. The van der Waals surface area contributed by atoms with E-state index in [0.717, 1.165) is 31.7 Å². The van der Waals surface area contributed by atoms with Gasteiger partial charge in [0, 0.05) is 0 Å². The van der Waals surface area contributed by atoms with Crippen molar-refractivity contribution in [2.24, 2.45) is 5.92 Å². The van der Waals surface area contributed by atoms with Crippen LogP contribution >= 0.6 is 7.60 Å². The van der Waals surface area contributed by atoms with Gasteiger partial charge in [-0.15, -0.1) is 0 Å². The van der Waals surface area contributed by atoms with E-state index >= 15 is 8.78 Å². The lowest BCUT2D eigenvalue weighted by atomic mass is 9.77. The van der Waals surface area contributed by atoms with Crippen molar-refractivity contribution < 1.29 is 44.7 Å². The zero-order valence-corrected chi connectivity index (χ0v) is 22.8. The predicted molar refractivity (Wildman–Crippen MR) is 126 cm³/mol. The molecular weight excluding hydrogens is 509 g/mol. The number of alkyl halides is 4. The van der Waals surface area contributed by atoms with E-state index in [2.05, 4.69) is 11.7 Å². The summed E-state index contributed by atoms with van der Waals surface area (Å²) in [6, 6.07) is 1.76. The van der Waals surface area contributed by atoms with Crippen LogP contribution in [-0.4, -0.2) is 23.0 Å². The van der Waals surface area contributed by atoms with Crippen LogP contribution in [0.2, 0.25) is 0 Å². The molecule has 0 bridgehead atoms. The SMILES string of the molecule is CCC[C@H]1CC[C@H](c2ccc(OC(F)(F)C(F)(F)P(=O)(OC(C)(C)C)OC(C)(C)C)c(F)c2F)CC1. The van der Waals surface area contributed by atoms with Crippen LogP contribution in [0.4, 0.5) is 26.3 Å². The summed E-state index contributed by atoms with van der Waals surface area (Å²) in [7, 11) is -5.92. The Bertz CT molecular complexity index is 927. The molecule has 36 heavy (non-hydrogen) atoms. The van der Waals surface area contributed by atoms with Gasteiger partial charge < -0.3 is 4.74 Å². The fraction of sp³-hybridized carbons (Fsp3) is 0.760. The van der Waals surface area contributed by atoms with E-state index < -0.39 is 48.0 Å². The van der Waals surface area contributed by atoms with Gasteiger partial charge >= 0.3 is 19.4 Å². The Morgan fingerprint density at radius 3 is 1.81 bits per heavy atom. The third-order valence-corrected chi connectivity index (χ3v) is 8.30. The number of ether oxygens (including phenoxy) is 1. The summed E-state index contributed by atoms with van der Waals surface area (Å²) in [6.07, 6.45) is -0.622. The molecule has 208 valence electrons. The molecule has 0 amide bonds. The molecule has 2 rings (SSSR count). The summed E-state index contributed by atoms with van der Waals surface area (Å²) in [6.45, 7) is 9.43. The summed E-state index contributed by atoms with van der Waals surface area (Å²) < 4.78 is 116. The molecule has 1 aliphatic carbocycles. The third kappa shape index (κ3) is 7.19. The second-order valence-corrected chi connectivity index (χ2v) is 13.3. The van der Waals surface area contributed by atoms with Crippen molar-refractivity contribution >= 4 is 7.60 Å². The molecule has 0 aromatic heterocycles. The van der Waals surface area contributed by atoms with E-state index in [1.165, 1.54) is 41.5 Å². The van der Waals surface area contributed by atoms with E-state index in [4.69, 9.17) is 9.05 Å². The summed E-state index contributed by atoms with van der Waals surface area (Å²) in [4.78, 5) is 0. The Morgan fingerprint density at radius 1 is 0.861 bits per heavy atom. The molecule has 0 aliphatic heterocycles. The normalized spacial score (nSPS) is 20.5. The molecule has 0 unspecified atom stereocenters. The Balaban J connectivity index is 2.35. The lowest BCUT2D eigenvalue weighted by Gasteiger charge is -2.37. The summed E-state index contributed by atoms with van der Waals surface area (Å²) in [5.74, 6) is -4.49. The minimum atomic E-state index is -5.92. The van der Waals surface area contributed by atoms with Gasteiger partial charge in [0.1, 0.15) is 0 Å². The minimum Gasteiger partial charge on any atom is -0.424 e. The first-order valence-corrected chi connectivity index (χ1v) is 13.7. The van der Waals surface area contributed by atoms with Crippen LogP contribution in [0.25, 0.3) is 0 Å². The van der Waals surface area contributed by atoms with Crippen molar-refractivity contribution in [2.45, 2.75) is 116 Å². The molecule has 1 aliphatic rings. The quantitative estimate of drug-likeness (QED) is 0.229. The van der Waals surface area contributed by atoms with Gasteiger partial charge in [-0.1, -0.05) is 25.8 Å². The highest BCUT2D eigenvalue weighted by atomic mass is 31.2. The second-order valence-electron chi connectivity index (χ2n) is 11.4. The van der Waals surface area contributed by atoms with Crippen molar-refractivity contribution in [1.82, 2.24) is 0 Å². The van der Waals surface area contributed by atoms with Crippen LogP contribution in [0.5, 0.6) is 5.75 Å². The maximum absolute atomic E-state index is 15.1. The van der Waals surface area contributed by atoms with E-state index in [9.17, 15) is 22.1 Å². The van der Waals surface area contributed by atoms with Crippen molar-refractivity contribution in [1.29, 1.82) is 0 Å². The van der Waals surface area contributed by atoms with Gasteiger partial charge in [0.25, 0.3) is 0 Å². The fourth-order valence-electron chi connectivity index (χ4n) is 4.32. The molecule has 0 N–H and O–H groups in total. The highest BCUT2D eigenvalue weighted by Gasteiger charge is 2.74. The molecule has 4 nitrogen and oxygen atoms in total. The maximum atomic E-state index is 15.1. The molecular formula is C25H37F6O4P. The Morgan fingerprint density at radius 2 is 1.36 bits per heavy atom. The van der Waals surface area contributed by atoms with Gasteiger partial charge in [-0.2, -0.15) is 22.0 Å². The van der Waals surface area contributed by atoms with E-state index in [1.807, 2.05) is 0 Å². The molecule has 1 fully saturated rings. The van der Waals surface area contributed by atoms with E-state index in [1.54, 1.807) is 0 Å². The molecule has 0 radical (unpaired) electrons. The molecule has 0 atom stereocenters. The predicted octanol–water partition coefficient (Wildman–Crippen LogP) is 9.43. The molecule has 1 aromatic rings. The van der Waals surface area contributed by atoms with Crippen LogP contribution in [0.1, 0.15) is 98.5 Å². The average Bonchev–Trinajstić information content (AvgIpc) is 2.69. The number of hydrogen-bond donors (Lipinski definition) is 0. The zero-order chi connectivity index (χ0) is 27.7. The lowest BCUT2D eigenvalue weighted by molar-refractivity contribution is -0.283. The molecule has 11 heteroatoms. The van der Waals surface area contributed by atoms with E-state index in [0.29, 0.717) is 24.8 Å². The summed E-state index contributed by atoms with van der Waals surface area (Å²) in [5.41, 5.74) is -8.70. The van der Waals surface area contributed by atoms with Crippen LogP contribution in [0.15, 0.2) is 12.1 Å². The number of halogens is 6. The zero-order valence-electron chi connectivity index (χ0n) is 21.9. The average molecular weight is 547 g/mol. The second kappa shape index (κ2) is 10.9. The van der Waals surface area contributed by atoms with Crippen molar-refractivity contribution in [3.05, 3.63) is 29.3 Å². The fourth-order valence-corrected chi connectivity index (χ4v) is 6.40. The number of rotatable bonds is 9. The van der Waals surface area contributed by atoms with Gasteiger partial charge in [-0.25, -0.2) is 4.39 Å². The van der Waals surface area contributed by atoms with Crippen LogP contribution < -0.4 is 4.74 Å². The van der Waals surface area contributed by atoms with Crippen molar-refractivity contribution in [2.75, 3.05) is 0 Å². The molecule has 0 saturated heterocycles. The van der Waals surface area contributed by atoms with Gasteiger partial charge in [0.15, 0.2) is 11.6 Å². The Labute approximate surface area is 209 Å². The van der Waals surface area contributed by atoms with Crippen molar-refractivity contribution in [3.8, 4) is 5.75 Å². The van der Waals surface area contributed by atoms with Crippen LogP contribution in [0, 0.1) is 17.6 Å². The first-order chi connectivity index (χ1) is 16.2. The monoisotopic (exact) mass is 546 g/mol.